The molecule has 6 heteroatoms. The van der Waals surface area contributed by atoms with E-state index in [1.54, 1.807) is 24.3 Å². The third-order valence-electron chi connectivity index (χ3n) is 4.46. The SMILES string of the molecule is OC1CC(c2cccc(C(F)(F)F)c2)(C(O)c2ccccn2)C1. The molecular weight excluding hydrogens is 307 g/mol. The summed E-state index contributed by atoms with van der Waals surface area (Å²) in [7, 11) is 0. The maximum Gasteiger partial charge on any atom is 0.416 e. The maximum absolute atomic E-state index is 13.0. The fourth-order valence-electron chi connectivity index (χ4n) is 3.22. The minimum absolute atomic E-state index is 0.200. The van der Waals surface area contributed by atoms with Crippen LogP contribution >= 0.6 is 0 Å². The highest BCUT2D eigenvalue weighted by atomic mass is 19.4. The number of hydrogen-bond donors (Lipinski definition) is 2. The van der Waals surface area contributed by atoms with Crippen LogP contribution in [0, 0.1) is 0 Å². The summed E-state index contributed by atoms with van der Waals surface area (Å²) >= 11 is 0. The number of rotatable bonds is 3. The molecule has 0 spiro atoms. The number of halogens is 3. The van der Waals surface area contributed by atoms with Crippen molar-refractivity contribution in [3.05, 3.63) is 65.5 Å². The van der Waals surface area contributed by atoms with Gasteiger partial charge in [-0.25, -0.2) is 0 Å². The third kappa shape index (κ3) is 2.84. The standard InChI is InChI=1S/C17H16F3NO2/c18-17(19,20)12-5-3-4-11(8-12)16(9-13(22)10-16)15(23)14-6-1-2-7-21-14/h1-8,13,15,22-23H,9-10H2. The minimum atomic E-state index is -4.45. The molecule has 122 valence electrons. The number of benzene rings is 1. The van der Waals surface area contributed by atoms with Crippen LogP contribution in [-0.2, 0) is 11.6 Å². The van der Waals surface area contributed by atoms with Crippen LogP contribution in [0.2, 0.25) is 0 Å². The van der Waals surface area contributed by atoms with Gasteiger partial charge in [-0.3, -0.25) is 4.98 Å². The van der Waals surface area contributed by atoms with Gasteiger partial charge < -0.3 is 10.2 Å². The summed E-state index contributed by atoms with van der Waals surface area (Å²) in [6.45, 7) is 0. The van der Waals surface area contributed by atoms with E-state index in [0.29, 0.717) is 11.3 Å². The van der Waals surface area contributed by atoms with Crippen LogP contribution in [0.15, 0.2) is 48.7 Å². The second kappa shape index (κ2) is 5.62. The molecule has 2 aromatic rings. The fraction of sp³-hybridized carbons (Fsp3) is 0.353. The van der Waals surface area contributed by atoms with Gasteiger partial charge in [0, 0.05) is 11.6 Å². The zero-order valence-electron chi connectivity index (χ0n) is 12.2. The molecule has 0 aliphatic heterocycles. The van der Waals surface area contributed by atoms with Crippen molar-refractivity contribution in [2.75, 3.05) is 0 Å². The molecule has 0 radical (unpaired) electrons. The van der Waals surface area contributed by atoms with Crippen molar-refractivity contribution in [1.82, 2.24) is 4.98 Å². The van der Waals surface area contributed by atoms with Crippen molar-refractivity contribution in [1.29, 1.82) is 0 Å². The Morgan fingerprint density at radius 2 is 1.87 bits per heavy atom. The van der Waals surface area contributed by atoms with E-state index in [1.807, 2.05) is 0 Å². The zero-order valence-corrected chi connectivity index (χ0v) is 12.2. The molecule has 0 saturated heterocycles. The largest absolute Gasteiger partial charge is 0.416 e. The molecule has 1 fully saturated rings. The van der Waals surface area contributed by atoms with Crippen molar-refractivity contribution in [2.45, 2.75) is 36.6 Å². The lowest BCUT2D eigenvalue weighted by molar-refractivity contribution is -0.137. The van der Waals surface area contributed by atoms with Gasteiger partial charge >= 0.3 is 6.18 Å². The lowest BCUT2D eigenvalue weighted by Gasteiger charge is -2.49. The van der Waals surface area contributed by atoms with Crippen LogP contribution in [0.1, 0.15) is 35.8 Å². The Morgan fingerprint density at radius 3 is 2.43 bits per heavy atom. The lowest BCUT2D eigenvalue weighted by Crippen LogP contribution is -2.49. The third-order valence-corrected chi connectivity index (χ3v) is 4.46. The van der Waals surface area contributed by atoms with Crippen LogP contribution < -0.4 is 0 Å². The average molecular weight is 323 g/mol. The molecule has 3 nitrogen and oxygen atoms in total. The van der Waals surface area contributed by atoms with E-state index in [1.165, 1.54) is 12.3 Å². The van der Waals surface area contributed by atoms with Gasteiger partial charge in [-0.15, -0.1) is 0 Å². The monoisotopic (exact) mass is 323 g/mol. The van der Waals surface area contributed by atoms with Crippen molar-refractivity contribution in [3.8, 4) is 0 Å². The quantitative estimate of drug-likeness (QED) is 0.912. The van der Waals surface area contributed by atoms with Crippen LogP contribution in [0.4, 0.5) is 13.2 Å². The molecule has 1 aliphatic carbocycles. The van der Waals surface area contributed by atoms with Gasteiger partial charge in [0.25, 0.3) is 0 Å². The van der Waals surface area contributed by atoms with Gasteiger partial charge in [-0.05, 0) is 36.6 Å². The van der Waals surface area contributed by atoms with Crippen LogP contribution in [0.25, 0.3) is 0 Å². The summed E-state index contributed by atoms with van der Waals surface area (Å²) in [5.41, 5.74) is -0.953. The van der Waals surface area contributed by atoms with Gasteiger partial charge in [-0.1, -0.05) is 24.3 Å². The normalized spacial score (nSPS) is 25.7. The Labute approximate surface area is 131 Å². The molecule has 1 aliphatic rings. The molecule has 1 aromatic carbocycles. The number of pyridine rings is 1. The topological polar surface area (TPSA) is 53.4 Å². The van der Waals surface area contributed by atoms with Crippen molar-refractivity contribution in [2.24, 2.45) is 0 Å². The molecule has 23 heavy (non-hydrogen) atoms. The van der Waals surface area contributed by atoms with Gasteiger partial charge in [0.1, 0.15) is 6.10 Å². The van der Waals surface area contributed by atoms with E-state index in [4.69, 9.17) is 0 Å². The molecule has 1 heterocycles. The van der Waals surface area contributed by atoms with Gasteiger partial charge in [0.2, 0.25) is 0 Å². The Balaban J connectivity index is 2.02. The van der Waals surface area contributed by atoms with Gasteiger partial charge in [0.15, 0.2) is 0 Å². The van der Waals surface area contributed by atoms with Crippen molar-refractivity contribution < 1.29 is 23.4 Å². The molecule has 1 saturated carbocycles. The molecule has 2 N–H and O–H groups in total. The van der Waals surface area contributed by atoms with Crippen molar-refractivity contribution in [3.63, 3.8) is 0 Å². The van der Waals surface area contributed by atoms with E-state index in [2.05, 4.69) is 4.98 Å². The van der Waals surface area contributed by atoms with E-state index >= 15 is 0 Å². The first-order valence-electron chi connectivity index (χ1n) is 7.28. The number of aromatic nitrogens is 1. The number of hydrogen-bond acceptors (Lipinski definition) is 3. The zero-order chi connectivity index (χ0) is 16.7. The molecule has 0 bridgehead atoms. The minimum Gasteiger partial charge on any atom is -0.393 e. The summed E-state index contributed by atoms with van der Waals surface area (Å²) in [5.74, 6) is 0. The number of aliphatic hydroxyl groups excluding tert-OH is 2. The Morgan fingerprint density at radius 1 is 1.13 bits per heavy atom. The highest BCUT2D eigenvalue weighted by molar-refractivity contribution is 5.37. The predicted molar refractivity (Wildman–Crippen MR) is 77.6 cm³/mol. The average Bonchev–Trinajstić information content (AvgIpc) is 2.51. The molecule has 3 rings (SSSR count). The van der Waals surface area contributed by atoms with Crippen LogP contribution in [0.3, 0.4) is 0 Å². The van der Waals surface area contributed by atoms with E-state index in [0.717, 1.165) is 12.1 Å². The van der Waals surface area contributed by atoms with E-state index in [9.17, 15) is 23.4 Å². The van der Waals surface area contributed by atoms with Gasteiger partial charge in [-0.2, -0.15) is 13.2 Å². The summed E-state index contributed by atoms with van der Waals surface area (Å²) in [6.07, 6.45) is -4.24. The van der Waals surface area contributed by atoms with Crippen LogP contribution in [0.5, 0.6) is 0 Å². The van der Waals surface area contributed by atoms with Crippen molar-refractivity contribution >= 4 is 0 Å². The number of aliphatic hydroxyl groups is 2. The first-order chi connectivity index (χ1) is 10.8. The highest BCUT2D eigenvalue weighted by Gasteiger charge is 2.51. The lowest BCUT2D eigenvalue weighted by atomic mass is 9.58. The molecular formula is C17H16F3NO2. The highest BCUT2D eigenvalue weighted by Crippen LogP contribution is 2.52. The predicted octanol–water partition coefficient (Wildman–Crippen LogP) is 3.23. The molecule has 1 atom stereocenters. The fourth-order valence-corrected chi connectivity index (χ4v) is 3.22. The van der Waals surface area contributed by atoms with Gasteiger partial charge in [0.05, 0.1) is 17.4 Å². The maximum atomic E-state index is 13.0. The Hall–Kier alpha value is -1.92. The first-order valence-corrected chi connectivity index (χ1v) is 7.28. The second-order valence-corrected chi connectivity index (χ2v) is 5.95. The number of nitrogens with zero attached hydrogens (tertiary/aromatic N) is 1. The summed E-state index contributed by atoms with van der Waals surface area (Å²) < 4.78 is 38.9. The number of alkyl halides is 3. The van der Waals surface area contributed by atoms with E-state index < -0.39 is 29.4 Å². The second-order valence-electron chi connectivity index (χ2n) is 5.95. The first kappa shape index (κ1) is 16.0. The molecule has 0 amide bonds. The molecule has 1 unspecified atom stereocenters. The van der Waals surface area contributed by atoms with E-state index in [-0.39, 0.29) is 12.8 Å². The summed E-state index contributed by atoms with van der Waals surface area (Å²) in [6, 6.07) is 9.98. The van der Waals surface area contributed by atoms with Crippen LogP contribution in [-0.4, -0.2) is 21.3 Å². The summed E-state index contributed by atoms with van der Waals surface area (Å²) in [5, 5.41) is 20.4. The Bertz CT molecular complexity index is 682. The summed E-state index contributed by atoms with van der Waals surface area (Å²) in [4.78, 5) is 4.09. The Kier molecular flexibility index (Phi) is 3.90. The molecule has 1 aromatic heterocycles. The smallest absolute Gasteiger partial charge is 0.393 e.